The summed E-state index contributed by atoms with van der Waals surface area (Å²) in [6.45, 7) is 4.87. The number of nitrogens with zero attached hydrogens (tertiary/aromatic N) is 2. The maximum Gasteiger partial charge on any atom is 0.490 e. The number of likely N-dealkylation sites (tertiary alicyclic amines) is 1. The molecule has 1 aromatic carbocycles. The van der Waals surface area contributed by atoms with Gasteiger partial charge < -0.3 is 24.1 Å². The van der Waals surface area contributed by atoms with Crippen LogP contribution in [-0.4, -0.2) is 89.8 Å². The van der Waals surface area contributed by atoms with Gasteiger partial charge in [-0.2, -0.15) is 26.3 Å². The molecule has 2 N–H and O–H groups in total. The Labute approximate surface area is 232 Å². The standard InChI is InChI=1S/C22H30N2O3.2C2HF3O2/c1-23(16-21-4-3-13-26-21)19-14-22(27-17-19)9-11-24(12-10-22)15-18-5-7-20(25-2)8-6-18;2*3-2(4,5)1(6)7/h3-8,13,19H,9-12,14-17H2,1-2H3;2*(H,6,7). The minimum Gasteiger partial charge on any atom is -0.497 e. The Hall–Kier alpha value is -3.30. The number of piperidine rings is 1. The SMILES string of the molecule is COc1ccc(CN2CCC3(CC2)CC(N(C)Cc2ccco2)CO3)cc1.O=C(O)C(F)(F)F.O=C(O)C(F)(F)F. The summed E-state index contributed by atoms with van der Waals surface area (Å²) in [4.78, 5) is 22.7. The van der Waals surface area contributed by atoms with Gasteiger partial charge in [0.05, 0.1) is 32.1 Å². The van der Waals surface area contributed by atoms with Crippen molar-refractivity contribution in [2.45, 2.75) is 56.3 Å². The molecule has 2 saturated heterocycles. The van der Waals surface area contributed by atoms with Crippen LogP contribution in [0.15, 0.2) is 47.1 Å². The smallest absolute Gasteiger partial charge is 0.490 e. The van der Waals surface area contributed by atoms with Crippen LogP contribution < -0.4 is 4.74 Å². The normalized spacial score (nSPS) is 18.7. The highest BCUT2D eigenvalue weighted by atomic mass is 19.4. The number of likely N-dealkylation sites (N-methyl/N-ethyl adjacent to an activating group) is 1. The second-order valence-corrected chi connectivity index (χ2v) is 9.58. The maximum absolute atomic E-state index is 10.6. The van der Waals surface area contributed by atoms with Crippen LogP contribution in [0.3, 0.4) is 0 Å². The zero-order chi connectivity index (χ0) is 30.8. The Bertz CT molecular complexity index is 1060. The van der Waals surface area contributed by atoms with Crippen LogP contribution in [0.5, 0.6) is 5.75 Å². The summed E-state index contributed by atoms with van der Waals surface area (Å²) in [7, 11) is 3.88. The first-order valence-corrected chi connectivity index (χ1v) is 12.4. The summed E-state index contributed by atoms with van der Waals surface area (Å²) in [6, 6.07) is 12.9. The lowest BCUT2D eigenvalue weighted by atomic mass is 9.87. The number of halogens is 6. The van der Waals surface area contributed by atoms with Gasteiger partial charge in [0.2, 0.25) is 0 Å². The van der Waals surface area contributed by atoms with E-state index in [4.69, 9.17) is 33.7 Å². The number of carbonyl (C=O) groups is 2. The fourth-order valence-corrected chi connectivity index (χ4v) is 4.34. The Morgan fingerprint density at radius 3 is 2.00 bits per heavy atom. The third-order valence-corrected chi connectivity index (χ3v) is 6.62. The molecule has 1 unspecified atom stereocenters. The van der Waals surface area contributed by atoms with Crippen molar-refractivity contribution in [3.63, 3.8) is 0 Å². The minimum absolute atomic E-state index is 0.0680. The number of rotatable bonds is 6. The second kappa shape index (κ2) is 14.5. The average molecular weight is 599 g/mol. The Kier molecular flexibility index (Phi) is 12.0. The Morgan fingerprint density at radius 2 is 1.56 bits per heavy atom. The molecule has 15 heteroatoms. The quantitative estimate of drug-likeness (QED) is 0.453. The fourth-order valence-electron chi connectivity index (χ4n) is 4.34. The number of furan rings is 1. The number of methoxy groups -OCH3 is 1. The molecule has 0 saturated carbocycles. The molecule has 41 heavy (non-hydrogen) atoms. The molecule has 2 aromatic rings. The molecule has 0 aliphatic carbocycles. The van der Waals surface area contributed by atoms with Crippen molar-refractivity contribution in [2.24, 2.45) is 0 Å². The monoisotopic (exact) mass is 598 g/mol. The summed E-state index contributed by atoms with van der Waals surface area (Å²) in [5.41, 5.74) is 1.41. The zero-order valence-corrected chi connectivity index (χ0v) is 22.4. The third-order valence-electron chi connectivity index (χ3n) is 6.62. The molecule has 3 heterocycles. The minimum atomic E-state index is -5.08. The Morgan fingerprint density at radius 1 is 1.02 bits per heavy atom. The first-order chi connectivity index (χ1) is 19.0. The van der Waals surface area contributed by atoms with Crippen molar-refractivity contribution in [3.8, 4) is 5.75 Å². The van der Waals surface area contributed by atoms with Crippen molar-refractivity contribution in [3.05, 3.63) is 54.0 Å². The number of ether oxygens (including phenoxy) is 2. The molecule has 0 amide bonds. The lowest BCUT2D eigenvalue weighted by Crippen LogP contribution is -2.44. The highest BCUT2D eigenvalue weighted by molar-refractivity contribution is 5.73. The van der Waals surface area contributed by atoms with Crippen molar-refractivity contribution < 1.29 is 60.0 Å². The van der Waals surface area contributed by atoms with E-state index >= 15 is 0 Å². The number of carboxylic acid groups (broad SMARTS) is 2. The third kappa shape index (κ3) is 11.2. The molecule has 1 spiro atoms. The largest absolute Gasteiger partial charge is 0.497 e. The highest BCUT2D eigenvalue weighted by Crippen LogP contribution is 2.38. The van der Waals surface area contributed by atoms with Crippen molar-refractivity contribution in [2.75, 3.05) is 33.9 Å². The highest BCUT2D eigenvalue weighted by Gasteiger charge is 2.44. The first-order valence-electron chi connectivity index (χ1n) is 12.4. The van der Waals surface area contributed by atoms with Crippen LogP contribution in [0.4, 0.5) is 26.3 Å². The van der Waals surface area contributed by atoms with E-state index in [0.717, 1.165) is 63.6 Å². The van der Waals surface area contributed by atoms with Crippen molar-refractivity contribution in [1.29, 1.82) is 0 Å². The molecule has 1 aromatic heterocycles. The molecule has 2 aliphatic rings. The topological polar surface area (TPSA) is 113 Å². The molecule has 230 valence electrons. The van der Waals surface area contributed by atoms with Gasteiger partial charge in [0.15, 0.2) is 0 Å². The van der Waals surface area contributed by atoms with Gasteiger partial charge in [-0.25, -0.2) is 9.59 Å². The number of hydrogen-bond acceptors (Lipinski definition) is 7. The van der Waals surface area contributed by atoms with E-state index in [2.05, 4.69) is 29.0 Å². The van der Waals surface area contributed by atoms with Crippen LogP contribution in [0.1, 0.15) is 30.6 Å². The molecular formula is C26H32F6N2O7. The zero-order valence-electron chi connectivity index (χ0n) is 22.4. The lowest BCUT2D eigenvalue weighted by molar-refractivity contribution is -0.193. The van der Waals surface area contributed by atoms with E-state index in [1.54, 1.807) is 13.4 Å². The summed E-state index contributed by atoms with van der Waals surface area (Å²) in [5, 5.41) is 14.2. The molecule has 9 nitrogen and oxygen atoms in total. The number of carboxylic acids is 2. The molecule has 1 atom stereocenters. The van der Waals surface area contributed by atoms with Crippen LogP contribution >= 0.6 is 0 Å². The van der Waals surface area contributed by atoms with Gasteiger partial charge in [0.25, 0.3) is 0 Å². The summed E-state index contributed by atoms with van der Waals surface area (Å²) in [5.74, 6) is -3.58. The van der Waals surface area contributed by atoms with Crippen LogP contribution in [0, 0.1) is 0 Å². The molecule has 2 fully saturated rings. The lowest BCUT2D eigenvalue weighted by Gasteiger charge is -2.39. The fraction of sp³-hybridized carbons (Fsp3) is 0.538. The van der Waals surface area contributed by atoms with Gasteiger partial charge in [0, 0.05) is 25.7 Å². The average Bonchev–Trinajstić information content (AvgIpc) is 3.56. The van der Waals surface area contributed by atoms with Gasteiger partial charge in [-0.3, -0.25) is 9.80 Å². The van der Waals surface area contributed by atoms with E-state index in [1.807, 2.05) is 24.3 Å². The van der Waals surface area contributed by atoms with Crippen LogP contribution in [-0.2, 0) is 27.4 Å². The summed E-state index contributed by atoms with van der Waals surface area (Å²) >= 11 is 0. The van der Waals surface area contributed by atoms with Crippen molar-refractivity contribution in [1.82, 2.24) is 9.80 Å². The van der Waals surface area contributed by atoms with Gasteiger partial charge in [-0.05, 0) is 56.1 Å². The number of aliphatic carboxylic acids is 2. The van der Waals surface area contributed by atoms with E-state index in [-0.39, 0.29) is 5.60 Å². The Balaban J connectivity index is 0.000000349. The first kappa shape index (κ1) is 33.9. The van der Waals surface area contributed by atoms with Gasteiger partial charge in [0.1, 0.15) is 11.5 Å². The van der Waals surface area contributed by atoms with Gasteiger partial charge in [-0.1, -0.05) is 12.1 Å². The van der Waals surface area contributed by atoms with Gasteiger partial charge in [-0.15, -0.1) is 0 Å². The van der Waals surface area contributed by atoms with E-state index in [0.29, 0.717) is 6.04 Å². The summed E-state index contributed by atoms with van der Waals surface area (Å²) < 4.78 is 80.6. The predicted octanol–water partition coefficient (Wildman–Crippen LogP) is 4.81. The second-order valence-electron chi connectivity index (χ2n) is 9.58. The van der Waals surface area contributed by atoms with Crippen LogP contribution in [0.2, 0.25) is 0 Å². The van der Waals surface area contributed by atoms with Gasteiger partial charge >= 0.3 is 24.3 Å². The maximum atomic E-state index is 10.6. The molecule has 0 radical (unpaired) electrons. The molecule has 0 bridgehead atoms. The summed E-state index contributed by atoms with van der Waals surface area (Å²) in [6.07, 6.45) is -5.06. The molecule has 2 aliphatic heterocycles. The van der Waals surface area contributed by atoms with E-state index < -0.39 is 24.3 Å². The van der Waals surface area contributed by atoms with E-state index in [1.165, 1.54) is 5.56 Å². The predicted molar refractivity (Wildman–Crippen MR) is 132 cm³/mol. The van der Waals surface area contributed by atoms with Crippen LogP contribution in [0.25, 0.3) is 0 Å². The molecular weight excluding hydrogens is 566 g/mol. The number of hydrogen-bond donors (Lipinski definition) is 2. The number of benzene rings is 1. The molecule has 4 rings (SSSR count). The number of alkyl halides is 6. The van der Waals surface area contributed by atoms with E-state index in [9.17, 15) is 26.3 Å². The van der Waals surface area contributed by atoms with Crippen molar-refractivity contribution >= 4 is 11.9 Å².